The van der Waals surface area contributed by atoms with Crippen LogP contribution >= 0.6 is 0 Å². The summed E-state index contributed by atoms with van der Waals surface area (Å²) in [4.78, 5) is 2.64. The third-order valence-corrected chi connectivity index (χ3v) is 6.92. The van der Waals surface area contributed by atoms with E-state index in [1.54, 1.807) is 16.4 Å². The molecule has 144 valence electrons. The molecule has 2 aliphatic rings. The number of sulfonamides is 1. The van der Waals surface area contributed by atoms with Crippen LogP contribution in [0.5, 0.6) is 11.5 Å². The first-order valence-electron chi connectivity index (χ1n) is 9.20. The monoisotopic (exact) mass is 388 g/mol. The molecule has 0 saturated carbocycles. The van der Waals surface area contributed by atoms with E-state index in [9.17, 15) is 8.42 Å². The van der Waals surface area contributed by atoms with Crippen LogP contribution in [0, 0.1) is 6.92 Å². The van der Waals surface area contributed by atoms with Crippen molar-refractivity contribution in [3.63, 3.8) is 0 Å². The Balaban J connectivity index is 1.38. The van der Waals surface area contributed by atoms with Crippen molar-refractivity contribution in [3.05, 3.63) is 53.6 Å². The molecule has 0 N–H and O–H groups in total. The van der Waals surface area contributed by atoms with E-state index in [1.807, 2.05) is 37.3 Å². The number of rotatable bonds is 4. The van der Waals surface area contributed by atoms with Gasteiger partial charge in [-0.15, -0.1) is 0 Å². The summed E-state index contributed by atoms with van der Waals surface area (Å²) in [6, 6.07) is 13.1. The van der Waals surface area contributed by atoms with Crippen LogP contribution in [0.4, 0.5) is 0 Å². The standard InChI is InChI=1S/C20H24N2O4S/c1-16-2-5-18(6-3-16)27(23,24)22-10-8-21(9-11-22)15-17-4-7-19-20(14-17)26-13-12-25-19/h2-7,14H,8-13,15H2,1H3. The summed E-state index contributed by atoms with van der Waals surface area (Å²) in [7, 11) is -3.42. The minimum atomic E-state index is -3.42. The Kier molecular flexibility index (Phi) is 5.08. The van der Waals surface area contributed by atoms with Crippen molar-refractivity contribution in [1.82, 2.24) is 9.21 Å². The fourth-order valence-corrected chi connectivity index (χ4v) is 4.85. The highest BCUT2D eigenvalue weighted by Crippen LogP contribution is 2.31. The maximum atomic E-state index is 12.8. The van der Waals surface area contributed by atoms with E-state index in [-0.39, 0.29) is 0 Å². The molecule has 2 aromatic carbocycles. The molecule has 27 heavy (non-hydrogen) atoms. The molecule has 2 aromatic rings. The largest absolute Gasteiger partial charge is 0.486 e. The van der Waals surface area contributed by atoms with Crippen LogP contribution in [0.25, 0.3) is 0 Å². The number of hydrogen-bond acceptors (Lipinski definition) is 5. The molecule has 0 amide bonds. The van der Waals surface area contributed by atoms with Gasteiger partial charge in [0.2, 0.25) is 10.0 Å². The Labute approximate surface area is 160 Å². The minimum absolute atomic E-state index is 0.369. The number of piperazine rings is 1. The van der Waals surface area contributed by atoms with Crippen molar-refractivity contribution in [2.45, 2.75) is 18.4 Å². The van der Waals surface area contributed by atoms with Crippen molar-refractivity contribution >= 4 is 10.0 Å². The Morgan fingerprint density at radius 3 is 2.26 bits per heavy atom. The molecule has 6 nitrogen and oxygen atoms in total. The average molecular weight is 388 g/mol. The predicted octanol–water partition coefficient (Wildman–Crippen LogP) is 2.27. The lowest BCUT2D eigenvalue weighted by atomic mass is 10.1. The van der Waals surface area contributed by atoms with Gasteiger partial charge in [-0.25, -0.2) is 8.42 Å². The highest BCUT2D eigenvalue weighted by Gasteiger charge is 2.28. The van der Waals surface area contributed by atoms with Gasteiger partial charge in [-0.3, -0.25) is 4.90 Å². The van der Waals surface area contributed by atoms with E-state index < -0.39 is 10.0 Å². The van der Waals surface area contributed by atoms with Crippen LogP contribution < -0.4 is 9.47 Å². The quantitative estimate of drug-likeness (QED) is 0.804. The second-order valence-electron chi connectivity index (χ2n) is 6.97. The molecule has 0 atom stereocenters. The van der Waals surface area contributed by atoms with Gasteiger partial charge in [0.15, 0.2) is 11.5 Å². The molecule has 0 bridgehead atoms. The molecule has 4 rings (SSSR count). The molecule has 0 aromatic heterocycles. The van der Waals surface area contributed by atoms with Crippen LogP contribution in [0.15, 0.2) is 47.4 Å². The van der Waals surface area contributed by atoms with Gasteiger partial charge in [0, 0.05) is 32.7 Å². The summed E-state index contributed by atoms with van der Waals surface area (Å²) >= 11 is 0. The van der Waals surface area contributed by atoms with Crippen molar-refractivity contribution in [3.8, 4) is 11.5 Å². The molecular weight excluding hydrogens is 364 g/mol. The third kappa shape index (κ3) is 3.95. The maximum absolute atomic E-state index is 12.8. The second kappa shape index (κ2) is 7.50. The number of hydrogen-bond donors (Lipinski definition) is 0. The van der Waals surface area contributed by atoms with Gasteiger partial charge in [-0.2, -0.15) is 4.31 Å². The third-order valence-electron chi connectivity index (χ3n) is 5.00. The van der Waals surface area contributed by atoms with Crippen LogP contribution in [0.2, 0.25) is 0 Å². The van der Waals surface area contributed by atoms with Gasteiger partial charge in [-0.05, 0) is 36.8 Å². The predicted molar refractivity (Wildman–Crippen MR) is 103 cm³/mol. The highest BCUT2D eigenvalue weighted by molar-refractivity contribution is 7.89. The lowest BCUT2D eigenvalue weighted by Crippen LogP contribution is -2.48. The first-order valence-corrected chi connectivity index (χ1v) is 10.6. The molecule has 0 aliphatic carbocycles. The zero-order chi connectivity index (χ0) is 18.9. The average Bonchev–Trinajstić information content (AvgIpc) is 2.69. The second-order valence-corrected chi connectivity index (χ2v) is 8.91. The first kappa shape index (κ1) is 18.3. The summed E-state index contributed by atoms with van der Waals surface area (Å²) in [5, 5.41) is 0. The smallest absolute Gasteiger partial charge is 0.243 e. The van der Waals surface area contributed by atoms with Gasteiger partial charge in [0.25, 0.3) is 0 Å². The molecule has 1 saturated heterocycles. The molecule has 0 unspecified atom stereocenters. The van der Waals surface area contributed by atoms with Crippen molar-refractivity contribution in [2.24, 2.45) is 0 Å². The van der Waals surface area contributed by atoms with Crippen LogP contribution in [0.3, 0.4) is 0 Å². The van der Waals surface area contributed by atoms with E-state index in [2.05, 4.69) is 4.90 Å². The molecule has 7 heteroatoms. The van der Waals surface area contributed by atoms with E-state index in [1.165, 1.54) is 0 Å². The number of fused-ring (bicyclic) bond motifs is 1. The Morgan fingerprint density at radius 1 is 0.889 bits per heavy atom. The van der Waals surface area contributed by atoms with Crippen LogP contribution in [-0.2, 0) is 16.6 Å². The first-order chi connectivity index (χ1) is 13.0. The van der Waals surface area contributed by atoms with Crippen LogP contribution in [0.1, 0.15) is 11.1 Å². The summed E-state index contributed by atoms with van der Waals surface area (Å²) in [5.74, 6) is 1.58. The van der Waals surface area contributed by atoms with E-state index in [0.717, 1.165) is 29.2 Å². The van der Waals surface area contributed by atoms with Gasteiger partial charge in [0.05, 0.1) is 4.90 Å². The van der Waals surface area contributed by atoms with Gasteiger partial charge in [0.1, 0.15) is 13.2 Å². The molecule has 1 fully saturated rings. The van der Waals surface area contributed by atoms with Gasteiger partial charge in [-0.1, -0.05) is 23.8 Å². The molecule has 0 radical (unpaired) electrons. The minimum Gasteiger partial charge on any atom is -0.486 e. The number of aryl methyl sites for hydroxylation is 1. The van der Waals surface area contributed by atoms with Crippen molar-refractivity contribution < 1.29 is 17.9 Å². The fraction of sp³-hybridized carbons (Fsp3) is 0.400. The summed E-state index contributed by atoms with van der Waals surface area (Å²) in [6.45, 7) is 6.30. The Bertz CT molecular complexity index is 904. The normalized spacial score (nSPS) is 18.4. The van der Waals surface area contributed by atoms with E-state index in [4.69, 9.17) is 9.47 Å². The van der Waals surface area contributed by atoms with E-state index >= 15 is 0 Å². The number of benzene rings is 2. The maximum Gasteiger partial charge on any atom is 0.243 e. The zero-order valence-corrected chi connectivity index (χ0v) is 16.2. The Hall–Kier alpha value is -2.09. The SMILES string of the molecule is Cc1ccc(S(=O)(=O)N2CCN(Cc3ccc4c(c3)OCCO4)CC2)cc1. The lowest BCUT2D eigenvalue weighted by Gasteiger charge is -2.34. The zero-order valence-electron chi connectivity index (χ0n) is 15.4. The molecule has 2 heterocycles. The molecule has 2 aliphatic heterocycles. The van der Waals surface area contributed by atoms with Crippen molar-refractivity contribution in [2.75, 3.05) is 39.4 Å². The van der Waals surface area contributed by atoms with Gasteiger partial charge < -0.3 is 9.47 Å². The topological polar surface area (TPSA) is 59.1 Å². The highest BCUT2D eigenvalue weighted by atomic mass is 32.2. The van der Waals surface area contributed by atoms with E-state index in [0.29, 0.717) is 44.3 Å². The fourth-order valence-electron chi connectivity index (χ4n) is 3.43. The number of nitrogens with zero attached hydrogens (tertiary/aromatic N) is 2. The molecular formula is C20H24N2O4S. The molecule has 0 spiro atoms. The summed E-state index contributed by atoms with van der Waals surface area (Å²) in [6.07, 6.45) is 0. The van der Waals surface area contributed by atoms with Crippen LogP contribution in [-0.4, -0.2) is 57.0 Å². The summed E-state index contributed by atoms with van der Waals surface area (Å²) in [5.41, 5.74) is 2.20. The van der Waals surface area contributed by atoms with Crippen molar-refractivity contribution in [1.29, 1.82) is 0 Å². The van der Waals surface area contributed by atoms with Gasteiger partial charge >= 0.3 is 0 Å². The lowest BCUT2D eigenvalue weighted by molar-refractivity contribution is 0.169. The number of ether oxygens (including phenoxy) is 2. The Morgan fingerprint density at radius 2 is 1.56 bits per heavy atom. The summed E-state index contributed by atoms with van der Waals surface area (Å²) < 4.78 is 38.4.